The topological polar surface area (TPSA) is 96.3 Å². The Bertz CT molecular complexity index is 1190. The van der Waals surface area contributed by atoms with Crippen LogP contribution in [0.1, 0.15) is 42.9 Å². The Morgan fingerprint density at radius 2 is 1.68 bits per heavy atom. The van der Waals surface area contributed by atoms with E-state index in [-0.39, 0.29) is 19.0 Å². The molecule has 2 aliphatic rings. The number of imide groups is 1. The van der Waals surface area contributed by atoms with Crippen LogP contribution in [0.5, 0.6) is 0 Å². The summed E-state index contributed by atoms with van der Waals surface area (Å²) in [6.45, 7) is -0.371. The van der Waals surface area contributed by atoms with Gasteiger partial charge in [0, 0.05) is 12.5 Å². The number of anilines is 1. The monoisotopic (exact) mass is 457 g/mol. The molecule has 4 amide bonds. The molecule has 1 unspecified atom stereocenters. The van der Waals surface area contributed by atoms with Crippen LogP contribution in [0, 0.1) is 0 Å². The molecule has 1 saturated carbocycles. The van der Waals surface area contributed by atoms with Crippen molar-refractivity contribution >= 4 is 23.7 Å². The Labute approximate surface area is 197 Å². The van der Waals surface area contributed by atoms with E-state index in [0.29, 0.717) is 11.4 Å². The summed E-state index contributed by atoms with van der Waals surface area (Å²) in [7, 11) is 0. The average Bonchev–Trinajstić information content (AvgIpc) is 3.58. The standard InChI is InChI=1S/C26H27N5O3/c32-23(28-22-15-16-27-31(22)21-13-7-8-14-21)18-30-24(33)26(29-25(30)34,20-11-5-2-6-12-20)17-19-9-3-1-4-10-19/h1-6,9-12,15-16,21H,7-8,13-14,17-18H2,(H,28,32)(H,29,34). The van der Waals surface area contributed by atoms with Gasteiger partial charge >= 0.3 is 6.03 Å². The molecular weight excluding hydrogens is 430 g/mol. The van der Waals surface area contributed by atoms with Crippen molar-refractivity contribution in [2.24, 2.45) is 0 Å². The van der Waals surface area contributed by atoms with Crippen molar-refractivity contribution < 1.29 is 14.4 Å². The van der Waals surface area contributed by atoms with Crippen LogP contribution in [0.3, 0.4) is 0 Å². The highest BCUT2D eigenvalue weighted by Gasteiger charge is 2.52. The molecule has 5 rings (SSSR count). The number of nitrogens with zero attached hydrogens (tertiary/aromatic N) is 3. The molecule has 174 valence electrons. The third kappa shape index (κ3) is 4.07. The second kappa shape index (κ2) is 9.13. The zero-order valence-electron chi connectivity index (χ0n) is 18.8. The molecule has 1 aliphatic carbocycles. The zero-order valence-corrected chi connectivity index (χ0v) is 18.8. The first kappa shape index (κ1) is 21.9. The van der Waals surface area contributed by atoms with Crippen LogP contribution in [0.4, 0.5) is 10.6 Å². The number of hydrogen-bond donors (Lipinski definition) is 2. The van der Waals surface area contributed by atoms with Crippen LogP contribution in [0.2, 0.25) is 0 Å². The lowest BCUT2D eigenvalue weighted by molar-refractivity contribution is -0.134. The summed E-state index contributed by atoms with van der Waals surface area (Å²) in [5, 5.41) is 10.1. The maximum atomic E-state index is 13.7. The van der Waals surface area contributed by atoms with E-state index in [1.807, 2.05) is 65.3 Å². The Balaban J connectivity index is 1.37. The van der Waals surface area contributed by atoms with E-state index < -0.39 is 23.4 Å². The largest absolute Gasteiger partial charge is 0.325 e. The van der Waals surface area contributed by atoms with Crippen molar-refractivity contribution in [3.63, 3.8) is 0 Å². The number of hydrogen-bond acceptors (Lipinski definition) is 4. The van der Waals surface area contributed by atoms with Crippen LogP contribution >= 0.6 is 0 Å². The molecule has 1 aromatic heterocycles. The molecule has 2 heterocycles. The van der Waals surface area contributed by atoms with E-state index in [1.54, 1.807) is 12.3 Å². The molecule has 0 bridgehead atoms. The maximum absolute atomic E-state index is 13.7. The Morgan fingerprint density at radius 1 is 1.00 bits per heavy atom. The first-order valence-corrected chi connectivity index (χ1v) is 11.6. The van der Waals surface area contributed by atoms with Gasteiger partial charge < -0.3 is 10.6 Å². The van der Waals surface area contributed by atoms with Gasteiger partial charge in [0.2, 0.25) is 5.91 Å². The van der Waals surface area contributed by atoms with E-state index in [0.717, 1.165) is 36.1 Å². The van der Waals surface area contributed by atoms with Gasteiger partial charge in [-0.25, -0.2) is 9.48 Å². The van der Waals surface area contributed by atoms with Gasteiger partial charge in [-0.05, 0) is 24.0 Å². The van der Waals surface area contributed by atoms with Crippen LogP contribution in [0.25, 0.3) is 0 Å². The van der Waals surface area contributed by atoms with E-state index in [9.17, 15) is 14.4 Å². The zero-order chi connectivity index (χ0) is 23.5. The molecule has 3 aromatic rings. The first-order chi connectivity index (χ1) is 16.6. The SMILES string of the molecule is O=C(CN1C(=O)NC(Cc2ccccc2)(c2ccccc2)C1=O)Nc1ccnn1C1CCCC1. The minimum absolute atomic E-state index is 0.263. The normalized spacial score (nSPS) is 20.5. The van der Waals surface area contributed by atoms with Gasteiger partial charge in [0.25, 0.3) is 5.91 Å². The molecule has 2 aromatic carbocycles. The van der Waals surface area contributed by atoms with Gasteiger partial charge in [-0.3, -0.25) is 14.5 Å². The smallest absolute Gasteiger partial charge is 0.319 e. The summed E-state index contributed by atoms with van der Waals surface area (Å²) >= 11 is 0. The first-order valence-electron chi connectivity index (χ1n) is 11.6. The highest BCUT2D eigenvalue weighted by molar-refractivity contribution is 6.10. The minimum atomic E-state index is -1.27. The molecule has 1 aliphatic heterocycles. The lowest BCUT2D eigenvalue weighted by atomic mass is 9.83. The third-order valence-electron chi connectivity index (χ3n) is 6.66. The van der Waals surface area contributed by atoms with Gasteiger partial charge in [0.15, 0.2) is 5.54 Å². The third-order valence-corrected chi connectivity index (χ3v) is 6.66. The van der Waals surface area contributed by atoms with E-state index in [2.05, 4.69) is 15.7 Å². The summed E-state index contributed by atoms with van der Waals surface area (Å²) in [6, 6.07) is 20.1. The van der Waals surface area contributed by atoms with Crippen LogP contribution in [-0.4, -0.2) is 39.1 Å². The quantitative estimate of drug-likeness (QED) is 0.530. The van der Waals surface area contributed by atoms with Crippen LogP contribution < -0.4 is 10.6 Å². The molecule has 1 saturated heterocycles. The molecule has 1 atom stereocenters. The van der Waals surface area contributed by atoms with Gasteiger partial charge in [-0.1, -0.05) is 73.5 Å². The Kier molecular flexibility index (Phi) is 5.88. The number of nitrogens with one attached hydrogen (secondary N) is 2. The number of carbonyl (C=O) groups is 3. The molecule has 2 fully saturated rings. The summed E-state index contributed by atoms with van der Waals surface area (Å²) in [6.07, 6.45) is 6.27. The number of urea groups is 1. The van der Waals surface area contributed by atoms with E-state index in [4.69, 9.17) is 0 Å². The van der Waals surface area contributed by atoms with E-state index >= 15 is 0 Å². The van der Waals surface area contributed by atoms with Crippen molar-refractivity contribution in [3.05, 3.63) is 84.1 Å². The Morgan fingerprint density at radius 3 is 2.38 bits per heavy atom. The van der Waals surface area contributed by atoms with Gasteiger partial charge in [0.1, 0.15) is 12.4 Å². The molecule has 0 radical (unpaired) electrons. The summed E-state index contributed by atoms with van der Waals surface area (Å²) in [5.41, 5.74) is 0.317. The minimum Gasteiger partial charge on any atom is -0.319 e. The number of rotatable bonds is 7. The fourth-order valence-corrected chi connectivity index (χ4v) is 4.99. The summed E-state index contributed by atoms with van der Waals surface area (Å²) in [4.78, 5) is 40.6. The van der Waals surface area contributed by atoms with Crippen molar-refractivity contribution in [3.8, 4) is 0 Å². The maximum Gasteiger partial charge on any atom is 0.325 e. The summed E-state index contributed by atoms with van der Waals surface area (Å²) < 4.78 is 1.83. The van der Waals surface area contributed by atoms with Crippen molar-refractivity contribution in [2.75, 3.05) is 11.9 Å². The lowest BCUT2D eigenvalue weighted by Crippen LogP contribution is -2.46. The fraction of sp³-hybridized carbons (Fsp3) is 0.308. The molecule has 8 nitrogen and oxygen atoms in total. The molecule has 34 heavy (non-hydrogen) atoms. The van der Waals surface area contributed by atoms with Crippen molar-refractivity contribution in [1.29, 1.82) is 0 Å². The molecule has 8 heteroatoms. The lowest BCUT2D eigenvalue weighted by Gasteiger charge is -2.27. The second-order valence-electron chi connectivity index (χ2n) is 8.90. The van der Waals surface area contributed by atoms with Gasteiger partial charge in [0.05, 0.1) is 12.2 Å². The van der Waals surface area contributed by atoms with Crippen LogP contribution in [-0.2, 0) is 21.5 Å². The highest BCUT2D eigenvalue weighted by atomic mass is 16.2. The predicted octanol–water partition coefficient (Wildman–Crippen LogP) is 3.63. The molecule has 2 N–H and O–H groups in total. The number of amides is 4. The van der Waals surface area contributed by atoms with Gasteiger partial charge in [-0.15, -0.1) is 0 Å². The molecular formula is C26H27N5O3. The predicted molar refractivity (Wildman–Crippen MR) is 127 cm³/mol. The number of aromatic nitrogens is 2. The second-order valence-corrected chi connectivity index (χ2v) is 8.90. The van der Waals surface area contributed by atoms with E-state index in [1.165, 1.54) is 0 Å². The number of carbonyl (C=O) groups excluding carboxylic acids is 3. The highest BCUT2D eigenvalue weighted by Crippen LogP contribution is 2.33. The summed E-state index contributed by atoms with van der Waals surface area (Å²) in [5.74, 6) is -0.290. The van der Waals surface area contributed by atoms with Crippen molar-refractivity contribution in [2.45, 2.75) is 43.7 Å². The fourth-order valence-electron chi connectivity index (χ4n) is 4.99. The van der Waals surface area contributed by atoms with Gasteiger partial charge in [-0.2, -0.15) is 5.10 Å². The molecule has 0 spiro atoms. The van der Waals surface area contributed by atoms with Crippen LogP contribution in [0.15, 0.2) is 72.9 Å². The van der Waals surface area contributed by atoms with Crippen molar-refractivity contribution in [1.82, 2.24) is 20.0 Å². The Hall–Kier alpha value is -3.94. The number of benzene rings is 2. The average molecular weight is 458 g/mol.